The molecule has 2 fully saturated rings. The van der Waals surface area contributed by atoms with Crippen LogP contribution in [-0.4, -0.2) is 44.6 Å². The van der Waals surface area contributed by atoms with Crippen LogP contribution < -0.4 is 4.74 Å². The van der Waals surface area contributed by atoms with E-state index < -0.39 is 24.0 Å². The van der Waals surface area contributed by atoms with Gasteiger partial charge >= 0.3 is 6.18 Å². The van der Waals surface area contributed by atoms with Crippen LogP contribution in [0.2, 0.25) is 0 Å². The highest BCUT2D eigenvalue weighted by Crippen LogP contribution is 2.36. The lowest BCUT2D eigenvalue weighted by Crippen LogP contribution is -2.47. The molecule has 31 heavy (non-hydrogen) atoms. The number of aliphatic hydroxyl groups is 1. The van der Waals surface area contributed by atoms with Crippen LogP contribution in [0, 0.1) is 0 Å². The molecule has 0 spiro atoms. The number of aliphatic hydroxyl groups excluding tert-OH is 1. The topological polar surface area (TPSA) is 75.6 Å². The molecule has 2 aromatic heterocycles. The van der Waals surface area contributed by atoms with Crippen molar-refractivity contribution < 1.29 is 27.8 Å². The number of carbonyl (C=O) groups is 1. The first-order valence-electron chi connectivity index (χ1n) is 10.4. The minimum Gasteiger partial charge on any atom is -0.490 e. The molecule has 0 bridgehead atoms. The molecule has 1 amide bonds. The van der Waals surface area contributed by atoms with Crippen LogP contribution in [0.25, 0.3) is 0 Å². The molecule has 0 aromatic carbocycles. The van der Waals surface area contributed by atoms with Crippen molar-refractivity contribution in [2.45, 2.75) is 63.0 Å². The number of pyridine rings is 2. The lowest BCUT2D eigenvalue weighted by molar-refractivity contribution is -0.141. The second-order valence-electron chi connectivity index (χ2n) is 8.05. The van der Waals surface area contributed by atoms with Crippen molar-refractivity contribution in [2.75, 3.05) is 6.54 Å². The Morgan fingerprint density at radius 1 is 1.19 bits per heavy atom. The lowest BCUT2D eigenvalue weighted by atomic mass is 9.92. The van der Waals surface area contributed by atoms with Gasteiger partial charge in [0.2, 0.25) is 5.91 Å². The highest BCUT2D eigenvalue weighted by molar-refractivity contribution is 5.79. The monoisotopic (exact) mass is 435 g/mol. The molecule has 3 heterocycles. The number of hydrogen-bond donors (Lipinski definition) is 1. The van der Waals surface area contributed by atoms with Gasteiger partial charge in [-0.3, -0.25) is 14.8 Å². The van der Waals surface area contributed by atoms with Gasteiger partial charge < -0.3 is 14.7 Å². The van der Waals surface area contributed by atoms with Gasteiger partial charge in [-0.2, -0.15) is 13.2 Å². The number of amides is 1. The molecule has 6 nitrogen and oxygen atoms in total. The zero-order chi connectivity index (χ0) is 22.0. The SMILES string of the molecule is O=C(Cc1ccc(C(F)(F)F)nc1)N1CCCC[C@@H]1C(O)c1cnccc1OC1CC1. The first-order valence-corrected chi connectivity index (χ1v) is 10.4. The van der Waals surface area contributed by atoms with E-state index in [4.69, 9.17) is 4.74 Å². The van der Waals surface area contributed by atoms with Gasteiger partial charge in [0.25, 0.3) is 0 Å². The number of carbonyl (C=O) groups excluding carboxylic acids is 1. The van der Waals surface area contributed by atoms with E-state index in [1.54, 1.807) is 23.4 Å². The van der Waals surface area contributed by atoms with Crippen LogP contribution >= 0.6 is 0 Å². The lowest BCUT2D eigenvalue weighted by Gasteiger charge is -2.39. The van der Waals surface area contributed by atoms with E-state index in [0.717, 1.165) is 37.9 Å². The number of piperidine rings is 1. The van der Waals surface area contributed by atoms with E-state index >= 15 is 0 Å². The van der Waals surface area contributed by atoms with Gasteiger partial charge in [-0.1, -0.05) is 6.07 Å². The van der Waals surface area contributed by atoms with Crippen LogP contribution in [0.1, 0.15) is 55.0 Å². The quantitative estimate of drug-likeness (QED) is 0.749. The van der Waals surface area contributed by atoms with E-state index in [0.29, 0.717) is 29.8 Å². The standard InChI is InChI=1S/C22H24F3N3O3/c23-22(24,25)19-7-4-14(12-27-19)11-20(29)28-10-2-1-3-17(28)21(30)16-13-26-9-8-18(16)31-15-5-6-15/h4,7-9,12-13,15,17,21,30H,1-3,5-6,10-11H2/t17-,21?/m1/s1. The van der Waals surface area contributed by atoms with Gasteiger partial charge in [0.05, 0.1) is 18.6 Å². The Morgan fingerprint density at radius 2 is 2.00 bits per heavy atom. The number of aromatic nitrogens is 2. The van der Waals surface area contributed by atoms with Gasteiger partial charge in [-0.15, -0.1) is 0 Å². The highest BCUT2D eigenvalue weighted by Gasteiger charge is 2.36. The molecular formula is C22H24F3N3O3. The number of alkyl halides is 3. The number of likely N-dealkylation sites (tertiary alicyclic amines) is 1. The fourth-order valence-corrected chi connectivity index (χ4v) is 3.86. The van der Waals surface area contributed by atoms with E-state index in [1.165, 1.54) is 6.07 Å². The van der Waals surface area contributed by atoms with E-state index in [-0.39, 0.29) is 18.4 Å². The van der Waals surface area contributed by atoms with Crippen LogP contribution in [0.5, 0.6) is 5.75 Å². The molecule has 1 unspecified atom stereocenters. The van der Waals surface area contributed by atoms with Gasteiger partial charge in [-0.05, 0) is 49.8 Å². The zero-order valence-corrected chi connectivity index (χ0v) is 16.9. The Bertz CT molecular complexity index is 916. The maximum Gasteiger partial charge on any atom is 0.433 e. The third kappa shape index (κ3) is 5.15. The van der Waals surface area contributed by atoms with Crippen LogP contribution in [0.4, 0.5) is 13.2 Å². The second-order valence-corrected chi connectivity index (χ2v) is 8.05. The van der Waals surface area contributed by atoms with Crippen molar-refractivity contribution in [3.63, 3.8) is 0 Å². The van der Waals surface area contributed by atoms with Gasteiger partial charge in [-0.25, -0.2) is 0 Å². The molecule has 1 aliphatic heterocycles. The summed E-state index contributed by atoms with van der Waals surface area (Å²) in [4.78, 5) is 22.1. The summed E-state index contributed by atoms with van der Waals surface area (Å²) in [5.41, 5.74) is -0.0408. The first kappa shape index (κ1) is 21.5. The molecule has 9 heteroatoms. The predicted octanol–water partition coefficient (Wildman–Crippen LogP) is 3.69. The molecular weight excluding hydrogens is 411 g/mol. The minimum absolute atomic E-state index is 0.0766. The highest BCUT2D eigenvalue weighted by atomic mass is 19.4. The molecule has 1 N–H and O–H groups in total. The first-order chi connectivity index (χ1) is 14.8. The van der Waals surface area contributed by atoms with Crippen molar-refractivity contribution in [3.05, 3.63) is 53.6 Å². The number of rotatable bonds is 6. The Labute approximate surface area is 178 Å². The van der Waals surface area contributed by atoms with E-state index in [2.05, 4.69) is 9.97 Å². The summed E-state index contributed by atoms with van der Waals surface area (Å²) in [6.07, 6.45) is 3.11. The molecule has 2 aromatic rings. The third-order valence-corrected chi connectivity index (χ3v) is 5.65. The summed E-state index contributed by atoms with van der Waals surface area (Å²) in [6, 6.07) is 3.42. The molecule has 166 valence electrons. The van der Waals surface area contributed by atoms with Crippen molar-refractivity contribution in [3.8, 4) is 5.75 Å². The number of hydrogen-bond acceptors (Lipinski definition) is 5. The Morgan fingerprint density at radius 3 is 2.68 bits per heavy atom. The predicted molar refractivity (Wildman–Crippen MR) is 105 cm³/mol. The Kier molecular flexibility index (Phi) is 6.13. The summed E-state index contributed by atoms with van der Waals surface area (Å²) in [6.45, 7) is 0.480. The molecule has 0 radical (unpaired) electrons. The molecule has 2 atom stereocenters. The fraction of sp³-hybridized carbons (Fsp3) is 0.500. The molecule has 2 aliphatic rings. The Hall–Kier alpha value is -2.68. The molecule has 1 aliphatic carbocycles. The van der Waals surface area contributed by atoms with Crippen molar-refractivity contribution in [1.29, 1.82) is 0 Å². The van der Waals surface area contributed by atoms with Crippen LogP contribution in [0.3, 0.4) is 0 Å². The minimum atomic E-state index is -4.52. The summed E-state index contributed by atoms with van der Waals surface area (Å²) < 4.78 is 44.0. The average Bonchev–Trinajstić information content (AvgIpc) is 3.57. The van der Waals surface area contributed by atoms with Crippen molar-refractivity contribution >= 4 is 5.91 Å². The smallest absolute Gasteiger partial charge is 0.433 e. The number of nitrogens with zero attached hydrogens (tertiary/aromatic N) is 3. The van der Waals surface area contributed by atoms with Gasteiger partial charge in [0.1, 0.15) is 17.5 Å². The normalized spacial score (nSPS) is 20.4. The number of ether oxygens (including phenoxy) is 1. The summed E-state index contributed by atoms with van der Waals surface area (Å²) in [7, 11) is 0. The summed E-state index contributed by atoms with van der Waals surface area (Å²) >= 11 is 0. The van der Waals surface area contributed by atoms with Crippen molar-refractivity contribution in [2.24, 2.45) is 0 Å². The maximum absolute atomic E-state index is 13.0. The largest absolute Gasteiger partial charge is 0.490 e. The fourth-order valence-electron chi connectivity index (χ4n) is 3.86. The van der Waals surface area contributed by atoms with Crippen LogP contribution in [-0.2, 0) is 17.4 Å². The van der Waals surface area contributed by atoms with Crippen LogP contribution in [0.15, 0.2) is 36.8 Å². The molecule has 1 saturated carbocycles. The van der Waals surface area contributed by atoms with Gasteiger partial charge in [0.15, 0.2) is 0 Å². The molecule has 1 saturated heterocycles. The number of halogens is 3. The van der Waals surface area contributed by atoms with E-state index in [9.17, 15) is 23.1 Å². The molecule has 4 rings (SSSR count). The summed E-state index contributed by atoms with van der Waals surface area (Å²) in [5.74, 6) is 0.328. The van der Waals surface area contributed by atoms with E-state index in [1.807, 2.05) is 0 Å². The average molecular weight is 435 g/mol. The zero-order valence-electron chi connectivity index (χ0n) is 16.9. The van der Waals surface area contributed by atoms with Crippen molar-refractivity contribution in [1.82, 2.24) is 14.9 Å². The summed E-state index contributed by atoms with van der Waals surface area (Å²) in [5, 5.41) is 11.1. The Balaban J connectivity index is 1.49. The third-order valence-electron chi connectivity index (χ3n) is 5.65. The second kappa shape index (κ2) is 8.82. The maximum atomic E-state index is 13.0. The van der Waals surface area contributed by atoms with Gasteiger partial charge in [0, 0.05) is 30.7 Å².